The molecule has 5 nitrogen and oxygen atoms in total. The lowest BCUT2D eigenvalue weighted by Gasteiger charge is -2.05. The van der Waals surface area contributed by atoms with Crippen molar-refractivity contribution in [3.8, 4) is 17.0 Å². The molecule has 0 fully saturated rings. The number of amides is 1. The second-order valence-corrected chi connectivity index (χ2v) is 5.95. The molecular formula is C19H17ClFN3O2. The van der Waals surface area contributed by atoms with Crippen LogP contribution < -0.4 is 10.1 Å². The third-order valence-electron chi connectivity index (χ3n) is 3.74. The molecule has 0 saturated carbocycles. The summed E-state index contributed by atoms with van der Waals surface area (Å²) >= 11 is 5.96. The molecule has 0 atom stereocenters. The summed E-state index contributed by atoms with van der Waals surface area (Å²) in [5, 5.41) is 9.88. The third kappa shape index (κ3) is 4.21. The molecule has 0 saturated heterocycles. The molecule has 0 unspecified atom stereocenters. The quantitative estimate of drug-likeness (QED) is 0.680. The molecule has 3 aromatic rings. The van der Waals surface area contributed by atoms with E-state index in [2.05, 4.69) is 15.5 Å². The van der Waals surface area contributed by atoms with Gasteiger partial charge in [0.05, 0.1) is 12.3 Å². The van der Waals surface area contributed by atoms with Crippen LogP contribution in [0.25, 0.3) is 11.3 Å². The first kappa shape index (κ1) is 17.9. The van der Waals surface area contributed by atoms with Crippen molar-refractivity contribution < 1.29 is 13.9 Å². The molecule has 7 heteroatoms. The first-order valence-corrected chi connectivity index (χ1v) is 8.45. The predicted octanol–water partition coefficient (Wildman–Crippen LogP) is 4.20. The van der Waals surface area contributed by atoms with Gasteiger partial charge in [-0.25, -0.2) is 4.39 Å². The van der Waals surface area contributed by atoms with Gasteiger partial charge in [0.25, 0.3) is 5.91 Å². The highest BCUT2D eigenvalue weighted by atomic mass is 35.5. The van der Waals surface area contributed by atoms with Gasteiger partial charge in [0.2, 0.25) is 0 Å². The van der Waals surface area contributed by atoms with Crippen LogP contribution in [0.4, 0.5) is 4.39 Å². The third-order valence-corrected chi connectivity index (χ3v) is 4.09. The lowest BCUT2D eigenvalue weighted by Crippen LogP contribution is -2.23. The Morgan fingerprint density at radius 2 is 2.00 bits per heavy atom. The van der Waals surface area contributed by atoms with E-state index >= 15 is 0 Å². The summed E-state index contributed by atoms with van der Waals surface area (Å²) in [7, 11) is 0. The Labute approximate surface area is 155 Å². The maximum Gasteiger partial charge on any atom is 0.269 e. The number of rotatable bonds is 6. The average molecular weight is 374 g/mol. The van der Waals surface area contributed by atoms with Gasteiger partial charge in [0.1, 0.15) is 17.3 Å². The van der Waals surface area contributed by atoms with Crippen molar-refractivity contribution in [2.24, 2.45) is 0 Å². The lowest BCUT2D eigenvalue weighted by atomic mass is 10.1. The molecule has 1 amide bonds. The molecule has 0 spiro atoms. The minimum Gasteiger partial charge on any atom is -0.494 e. The molecule has 0 bridgehead atoms. The van der Waals surface area contributed by atoms with Gasteiger partial charge in [-0.2, -0.15) is 5.10 Å². The maximum absolute atomic E-state index is 13.1. The predicted molar refractivity (Wildman–Crippen MR) is 97.8 cm³/mol. The van der Waals surface area contributed by atoms with E-state index in [1.54, 1.807) is 6.07 Å². The van der Waals surface area contributed by atoms with E-state index in [1.165, 1.54) is 18.2 Å². The zero-order valence-corrected chi connectivity index (χ0v) is 14.8. The molecule has 0 aliphatic heterocycles. The molecule has 0 radical (unpaired) electrons. The van der Waals surface area contributed by atoms with Crippen LogP contribution in [-0.2, 0) is 6.54 Å². The van der Waals surface area contributed by atoms with E-state index in [1.807, 2.05) is 31.2 Å². The van der Waals surface area contributed by atoms with E-state index in [0.29, 0.717) is 23.6 Å². The Hall–Kier alpha value is -2.86. The summed E-state index contributed by atoms with van der Waals surface area (Å²) in [6.45, 7) is 2.71. The number of hydrogen-bond donors (Lipinski definition) is 2. The first-order chi connectivity index (χ1) is 12.6. The molecule has 2 N–H and O–H groups in total. The summed E-state index contributed by atoms with van der Waals surface area (Å²) in [4.78, 5) is 12.3. The highest BCUT2D eigenvalue weighted by molar-refractivity contribution is 6.31. The number of benzene rings is 2. The van der Waals surface area contributed by atoms with Crippen molar-refractivity contribution >= 4 is 17.5 Å². The van der Waals surface area contributed by atoms with Crippen molar-refractivity contribution in [3.05, 3.63) is 70.6 Å². The molecule has 1 heterocycles. The highest BCUT2D eigenvalue weighted by Crippen LogP contribution is 2.21. The SMILES string of the molecule is CCOc1ccc(-c2cc(C(=O)NCc3ccc(F)cc3Cl)[nH]n2)cc1. The number of nitrogens with zero attached hydrogens (tertiary/aromatic N) is 1. The number of carbonyl (C=O) groups is 1. The molecule has 26 heavy (non-hydrogen) atoms. The van der Waals surface area contributed by atoms with Crippen molar-refractivity contribution in [3.63, 3.8) is 0 Å². The molecule has 0 aliphatic carbocycles. The molecular weight excluding hydrogens is 357 g/mol. The zero-order chi connectivity index (χ0) is 18.5. The number of nitrogens with one attached hydrogen (secondary N) is 2. The van der Waals surface area contributed by atoms with Gasteiger partial charge in [-0.1, -0.05) is 17.7 Å². The smallest absolute Gasteiger partial charge is 0.269 e. The highest BCUT2D eigenvalue weighted by Gasteiger charge is 2.12. The monoisotopic (exact) mass is 373 g/mol. The first-order valence-electron chi connectivity index (χ1n) is 8.07. The second-order valence-electron chi connectivity index (χ2n) is 5.54. The standard InChI is InChI=1S/C19H17ClFN3O2/c1-2-26-15-7-4-12(5-8-15)17-10-18(24-23-17)19(25)22-11-13-3-6-14(21)9-16(13)20/h3-10H,2,11H2,1H3,(H,22,25)(H,23,24). The van der Waals surface area contributed by atoms with Crippen LogP contribution in [0.3, 0.4) is 0 Å². The van der Waals surface area contributed by atoms with E-state index in [4.69, 9.17) is 16.3 Å². The van der Waals surface area contributed by atoms with Crippen LogP contribution in [-0.4, -0.2) is 22.7 Å². The van der Waals surface area contributed by atoms with Crippen LogP contribution >= 0.6 is 11.6 Å². The van der Waals surface area contributed by atoms with Crippen LogP contribution in [0.1, 0.15) is 23.0 Å². The van der Waals surface area contributed by atoms with Crippen LogP contribution in [0.2, 0.25) is 5.02 Å². The van der Waals surface area contributed by atoms with Crippen LogP contribution in [0.15, 0.2) is 48.5 Å². The van der Waals surface area contributed by atoms with Gasteiger partial charge in [0.15, 0.2) is 0 Å². The van der Waals surface area contributed by atoms with E-state index in [9.17, 15) is 9.18 Å². The summed E-state index contributed by atoms with van der Waals surface area (Å²) in [5.74, 6) is 0.0367. The minimum atomic E-state index is -0.418. The van der Waals surface area contributed by atoms with Crippen LogP contribution in [0, 0.1) is 5.82 Å². The minimum absolute atomic E-state index is 0.190. The van der Waals surface area contributed by atoms with Crippen molar-refractivity contribution in [1.82, 2.24) is 15.5 Å². The second kappa shape index (κ2) is 8.01. The van der Waals surface area contributed by atoms with Crippen molar-refractivity contribution in [1.29, 1.82) is 0 Å². The Morgan fingerprint density at radius 1 is 1.23 bits per heavy atom. The Kier molecular flexibility index (Phi) is 5.53. The topological polar surface area (TPSA) is 67.0 Å². The summed E-state index contributed by atoms with van der Waals surface area (Å²) in [6, 6.07) is 13.2. The summed E-state index contributed by atoms with van der Waals surface area (Å²) in [6.07, 6.45) is 0. The van der Waals surface area contributed by atoms with Gasteiger partial charge in [-0.15, -0.1) is 0 Å². The molecule has 3 rings (SSSR count). The van der Waals surface area contributed by atoms with Gasteiger partial charge in [-0.3, -0.25) is 9.89 Å². The van der Waals surface area contributed by atoms with Crippen molar-refractivity contribution in [2.45, 2.75) is 13.5 Å². The molecule has 134 valence electrons. The van der Waals surface area contributed by atoms with E-state index in [0.717, 1.165) is 11.3 Å². The fraction of sp³-hybridized carbons (Fsp3) is 0.158. The maximum atomic E-state index is 13.1. The Bertz CT molecular complexity index is 909. The van der Waals surface area contributed by atoms with Crippen molar-refractivity contribution in [2.75, 3.05) is 6.61 Å². The van der Waals surface area contributed by atoms with E-state index < -0.39 is 5.82 Å². The largest absolute Gasteiger partial charge is 0.494 e. The number of aromatic amines is 1. The molecule has 2 aromatic carbocycles. The summed E-state index contributed by atoms with van der Waals surface area (Å²) < 4.78 is 18.5. The Balaban J connectivity index is 1.65. The van der Waals surface area contributed by atoms with Gasteiger partial charge in [-0.05, 0) is 55.0 Å². The zero-order valence-electron chi connectivity index (χ0n) is 14.1. The Morgan fingerprint density at radius 3 is 2.69 bits per heavy atom. The van der Waals surface area contributed by atoms with E-state index in [-0.39, 0.29) is 17.5 Å². The fourth-order valence-corrected chi connectivity index (χ4v) is 2.64. The summed E-state index contributed by atoms with van der Waals surface area (Å²) in [5.41, 5.74) is 2.48. The van der Waals surface area contributed by atoms with Crippen LogP contribution in [0.5, 0.6) is 5.75 Å². The molecule has 0 aliphatic rings. The number of H-pyrrole nitrogens is 1. The lowest BCUT2D eigenvalue weighted by molar-refractivity contribution is 0.0946. The number of ether oxygens (including phenoxy) is 1. The van der Waals surface area contributed by atoms with Gasteiger partial charge < -0.3 is 10.1 Å². The number of aromatic nitrogens is 2. The van der Waals surface area contributed by atoms with Gasteiger partial charge >= 0.3 is 0 Å². The fourth-order valence-electron chi connectivity index (χ4n) is 2.41. The number of carbonyl (C=O) groups excluding carboxylic acids is 1. The normalized spacial score (nSPS) is 10.6. The number of hydrogen-bond acceptors (Lipinski definition) is 3. The molecule has 1 aromatic heterocycles. The number of halogens is 2. The van der Waals surface area contributed by atoms with Gasteiger partial charge in [0, 0.05) is 17.1 Å². The average Bonchev–Trinajstić information content (AvgIpc) is 3.12.